The Morgan fingerprint density at radius 2 is 1.97 bits per heavy atom. The summed E-state index contributed by atoms with van der Waals surface area (Å²) in [6.07, 6.45) is 1.68. The Hall–Kier alpha value is -2.48. The minimum absolute atomic E-state index is 0.266. The fourth-order valence-electron chi connectivity index (χ4n) is 2.45. The molecule has 0 fully saturated rings. The molecular formula is C20H16Cl2N2O4S. The molecule has 2 aromatic rings. The van der Waals surface area contributed by atoms with Crippen molar-refractivity contribution in [3.63, 3.8) is 0 Å². The molecule has 1 heterocycles. The number of nitrogens with zero attached hydrogens (tertiary/aromatic N) is 1. The largest absolute Gasteiger partial charge is 0.493 e. The minimum atomic E-state index is -0.405. The van der Waals surface area contributed by atoms with Crippen LogP contribution in [0.3, 0.4) is 0 Å². The van der Waals surface area contributed by atoms with Crippen LogP contribution in [0.5, 0.6) is 11.5 Å². The van der Waals surface area contributed by atoms with E-state index in [2.05, 4.69) is 10.3 Å². The van der Waals surface area contributed by atoms with Crippen molar-refractivity contribution in [3.8, 4) is 11.5 Å². The van der Waals surface area contributed by atoms with E-state index in [-0.39, 0.29) is 17.7 Å². The van der Waals surface area contributed by atoms with Crippen molar-refractivity contribution >= 4 is 58.0 Å². The molecule has 3 rings (SSSR count). The summed E-state index contributed by atoms with van der Waals surface area (Å²) in [5, 5.41) is 3.72. The van der Waals surface area contributed by atoms with Crippen LogP contribution in [0.25, 0.3) is 6.08 Å². The van der Waals surface area contributed by atoms with Gasteiger partial charge < -0.3 is 14.8 Å². The third-order valence-corrected chi connectivity index (χ3v) is 5.41. The summed E-state index contributed by atoms with van der Waals surface area (Å²) in [5.41, 5.74) is 1.60. The van der Waals surface area contributed by atoms with Gasteiger partial charge in [-0.2, -0.15) is 4.99 Å². The fraction of sp³-hybridized carbons (Fsp3) is 0.150. The molecule has 29 heavy (non-hydrogen) atoms. The van der Waals surface area contributed by atoms with Crippen LogP contribution in [0.15, 0.2) is 46.3 Å². The van der Waals surface area contributed by atoms with Gasteiger partial charge in [-0.15, -0.1) is 0 Å². The molecule has 0 spiro atoms. The van der Waals surface area contributed by atoms with Crippen LogP contribution >= 0.6 is 35.0 Å². The lowest BCUT2D eigenvalue weighted by Crippen LogP contribution is -2.23. The van der Waals surface area contributed by atoms with Crippen molar-refractivity contribution in [2.45, 2.75) is 13.5 Å². The molecule has 1 aliphatic heterocycles. The first-order valence-electron chi connectivity index (χ1n) is 8.40. The number of benzene rings is 2. The smallest absolute Gasteiger partial charge is 0.286 e. The number of halogens is 2. The first-order valence-corrected chi connectivity index (χ1v) is 9.98. The summed E-state index contributed by atoms with van der Waals surface area (Å²) >= 11 is 13.1. The molecule has 6 nitrogen and oxygen atoms in total. The lowest BCUT2D eigenvalue weighted by atomic mass is 10.2. The second-order valence-electron chi connectivity index (χ2n) is 5.96. The molecule has 2 amide bonds. The van der Waals surface area contributed by atoms with E-state index in [1.165, 1.54) is 14.0 Å². The molecule has 0 saturated heterocycles. The van der Waals surface area contributed by atoms with Crippen molar-refractivity contribution in [1.82, 2.24) is 5.32 Å². The second kappa shape index (κ2) is 9.35. The summed E-state index contributed by atoms with van der Waals surface area (Å²) in [7, 11) is 1.53. The van der Waals surface area contributed by atoms with Gasteiger partial charge in [0.2, 0.25) is 5.91 Å². The van der Waals surface area contributed by atoms with Crippen LogP contribution < -0.4 is 14.8 Å². The van der Waals surface area contributed by atoms with Crippen LogP contribution in [0.2, 0.25) is 10.0 Å². The van der Waals surface area contributed by atoms with E-state index in [1.54, 1.807) is 36.4 Å². The molecule has 0 aromatic heterocycles. The zero-order valence-corrected chi connectivity index (χ0v) is 17.8. The highest BCUT2D eigenvalue weighted by atomic mass is 35.5. The Morgan fingerprint density at radius 3 is 2.66 bits per heavy atom. The van der Waals surface area contributed by atoms with Crippen LogP contribution in [0.1, 0.15) is 18.1 Å². The van der Waals surface area contributed by atoms with Gasteiger partial charge in [-0.25, -0.2) is 0 Å². The van der Waals surface area contributed by atoms with Gasteiger partial charge in [0.05, 0.1) is 22.1 Å². The summed E-state index contributed by atoms with van der Waals surface area (Å²) in [5.74, 6) is 0.368. The predicted molar refractivity (Wildman–Crippen MR) is 116 cm³/mol. The van der Waals surface area contributed by atoms with Crippen LogP contribution in [-0.2, 0) is 16.2 Å². The first kappa shape index (κ1) is 21.2. The van der Waals surface area contributed by atoms with Crippen molar-refractivity contribution in [3.05, 3.63) is 62.5 Å². The predicted octanol–water partition coefficient (Wildman–Crippen LogP) is 4.69. The number of amidine groups is 1. The van der Waals surface area contributed by atoms with Crippen molar-refractivity contribution in [2.24, 2.45) is 4.99 Å². The number of thioether (sulfide) groups is 1. The summed E-state index contributed by atoms with van der Waals surface area (Å²) in [4.78, 5) is 27.3. The van der Waals surface area contributed by atoms with Crippen LogP contribution in [0.4, 0.5) is 0 Å². The topological polar surface area (TPSA) is 77.0 Å². The molecule has 2 aromatic carbocycles. The van der Waals surface area contributed by atoms with E-state index in [9.17, 15) is 9.59 Å². The number of methoxy groups -OCH3 is 1. The maximum Gasteiger partial charge on any atom is 0.286 e. The van der Waals surface area contributed by atoms with Gasteiger partial charge in [0.15, 0.2) is 16.7 Å². The molecule has 0 radical (unpaired) electrons. The Morgan fingerprint density at radius 1 is 1.17 bits per heavy atom. The highest BCUT2D eigenvalue weighted by Gasteiger charge is 2.22. The molecule has 0 aliphatic carbocycles. The Labute approximate surface area is 181 Å². The zero-order valence-electron chi connectivity index (χ0n) is 15.5. The summed E-state index contributed by atoms with van der Waals surface area (Å²) in [6.45, 7) is 1.65. The van der Waals surface area contributed by atoms with Gasteiger partial charge in [0.25, 0.3) is 5.91 Å². The average Bonchev–Trinajstić information content (AvgIpc) is 3.01. The molecule has 0 unspecified atom stereocenters. The number of aliphatic imine (C=N–C) groups is 1. The van der Waals surface area contributed by atoms with Crippen molar-refractivity contribution in [2.75, 3.05) is 7.11 Å². The van der Waals surface area contributed by atoms with Crippen LogP contribution in [-0.4, -0.2) is 24.1 Å². The Kier molecular flexibility index (Phi) is 6.84. The fourth-order valence-corrected chi connectivity index (χ4v) is 3.63. The van der Waals surface area contributed by atoms with Crippen molar-refractivity contribution in [1.29, 1.82) is 0 Å². The van der Waals surface area contributed by atoms with Gasteiger partial charge in [0.1, 0.15) is 6.61 Å². The molecule has 9 heteroatoms. The number of hydrogen-bond acceptors (Lipinski definition) is 5. The second-order valence-corrected chi connectivity index (χ2v) is 7.81. The molecule has 1 aliphatic rings. The Balaban J connectivity index is 1.72. The highest BCUT2D eigenvalue weighted by Crippen LogP contribution is 2.33. The molecule has 0 bridgehead atoms. The Bertz CT molecular complexity index is 1040. The number of nitrogens with one attached hydrogen (secondary N) is 1. The van der Waals surface area contributed by atoms with Gasteiger partial charge in [-0.3, -0.25) is 9.59 Å². The van der Waals surface area contributed by atoms with E-state index >= 15 is 0 Å². The van der Waals surface area contributed by atoms with E-state index in [0.717, 1.165) is 22.9 Å². The number of ether oxygens (including phenoxy) is 2. The van der Waals surface area contributed by atoms with E-state index < -0.39 is 5.91 Å². The number of hydrogen-bond donors (Lipinski definition) is 1. The van der Waals surface area contributed by atoms with Gasteiger partial charge in [-0.1, -0.05) is 35.3 Å². The van der Waals surface area contributed by atoms with Gasteiger partial charge in [0, 0.05) is 6.92 Å². The third kappa shape index (κ3) is 5.53. The maximum atomic E-state index is 12.0. The zero-order chi connectivity index (χ0) is 21.0. The van der Waals surface area contributed by atoms with E-state index in [1.807, 2.05) is 6.07 Å². The molecular weight excluding hydrogens is 435 g/mol. The standard InChI is InChI=1S/C20H16Cl2N2O4S/c1-11(25)23-20-24-19(26)18(29-20)9-12-4-6-16(17(8-12)27-2)28-10-13-3-5-14(21)15(22)7-13/h3-9H,10H2,1-2H3,(H,23,24,25,26)/b18-9-. The van der Waals surface area contributed by atoms with Crippen molar-refractivity contribution < 1.29 is 19.1 Å². The third-order valence-electron chi connectivity index (χ3n) is 3.77. The summed E-state index contributed by atoms with van der Waals surface area (Å²) < 4.78 is 11.2. The number of amides is 2. The van der Waals surface area contributed by atoms with Gasteiger partial charge in [-0.05, 0) is 53.2 Å². The molecule has 0 saturated carbocycles. The monoisotopic (exact) mass is 450 g/mol. The van der Waals surface area contributed by atoms with E-state index in [4.69, 9.17) is 32.7 Å². The molecule has 0 atom stereocenters. The van der Waals surface area contributed by atoms with E-state index in [0.29, 0.717) is 26.4 Å². The SMILES string of the molecule is COc1cc(/C=C2\SC(NC(C)=O)=NC2=O)ccc1OCc1ccc(Cl)c(Cl)c1. The number of carbonyl (C=O) groups is 2. The van der Waals surface area contributed by atoms with Crippen LogP contribution in [0, 0.1) is 0 Å². The normalized spacial score (nSPS) is 14.7. The minimum Gasteiger partial charge on any atom is -0.493 e. The highest BCUT2D eigenvalue weighted by molar-refractivity contribution is 8.18. The first-order chi connectivity index (χ1) is 13.9. The quantitative estimate of drug-likeness (QED) is 0.668. The molecule has 1 N–H and O–H groups in total. The lowest BCUT2D eigenvalue weighted by molar-refractivity contribution is -0.117. The number of carbonyl (C=O) groups excluding carboxylic acids is 2. The summed E-state index contributed by atoms with van der Waals surface area (Å²) in [6, 6.07) is 10.6. The molecule has 150 valence electrons. The lowest BCUT2D eigenvalue weighted by Gasteiger charge is -2.12. The maximum absolute atomic E-state index is 12.0. The van der Waals surface area contributed by atoms with Gasteiger partial charge >= 0.3 is 0 Å². The number of rotatable bonds is 5. The average molecular weight is 451 g/mol.